The summed E-state index contributed by atoms with van der Waals surface area (Å²) >= 11 is 0. The summed E-state index contributed by atoms with van der Waals surface area (Å²) in [7, 11) is 0. The number of hydrogen-bond donors (Lipinski definition) is 2. The zero-order valence-electron chi connectivity index (χ0n) is 14.5. The largest absolute Gasteiger partial charge is 0.417 e. The summed E-state index contributed by atoms with van der Waals surface area (Å²) in [6, 6.07) is 2.48. The van der Waals surface area contributed by atoms with E-state index in [-0.39, 0.29) is 36.8 Å². The van der Waals surface area contributed by atoms with E-state index < -0.39 is 17.8 Å². The van der Waals surface area contributed by atoms with Crippen molar-refractivity contribution in [2.45, 2.75) is 31.2 Å². The maximum atomic E-state index is 12.6. The molecule has 0 saturated carbocycles. The number of rotatable bonds is 3. The van der Waals surface area contributed by atoms with Gasteiger partial charge in [0.15, 0.2) is 0 Å². The number of alkyl halides is 3. The lowest BCUT2D eigenvalue weighted by atomic mass is 10.0. The molecular formula is C16H23Cl2F3N4O2. The minimum Gasteiger partial charge on any atom is -0.366 e. The summed E-state index contributed by atoms with van der Waals surface area (Å²) in [5.41, 5.74) is -0.750. The van der Waals surface area contributed by atoms with Crippen molar-refractivity contribution in [3.05, 3.63) is 23.9 Å². The number of aromatic nitrogens is 1. The molecule has 1 atom stereocenters. The third kappa shape index (κ3) is 6.38. The van der Waals surface area contributed by atoms with Gasteiger partial charge in [-0.2, -0.15) is 13.2 Å². The van der Waals surface area contributed by atoms with Gasteiger partial charge in [0, 0.05) is 38.4 Å². The number of nitrogens with zero attached hydrogens (tertiary/aromatic N) is 2. The van der Waals surface area contributed by atoms with Crippen LogP contribution in [0.5, 0.6) is 0 Å². The molecule has 1 aromatic heterocycles. The standard InChI is InChI=1S/C16H21F3N4O2.2ClH/c17-16(18,19)11-1-2-14(21-9-11)23-6-3-12(4-7-23)22-15(24)13-10-20-5-8-25-13;;/h1-2,9,12-13,20H,3-8,10H2,(H,22,24);2*1H/t13-;;/m1../s1. The van der Waals surface area contributed by atoms with Crippen molar-refractivity contribution in [1.29, 1.82) is 0 Å². The Labute approximate surface area is 168 Å². The molecule has 0 aliphatic carbocycles. The van der Waals surface area contributed by atoms with Crippen molar-refractivity contribution in [2.24, 2.45) is 0 Å². The van der Waals surface area contributed by atoms with Gasteiger partial charge in [-0.3, -0.25) is 4.79 Å². The first-order chi connectivity index (χ1) is 11.9. The van der Waals surface area contributed by atoms with E-state index in [2.05, 4.69) is 15.6 Å². The molecule has 27 heavy (non-hydrogen) atoms. The molecular weight excluding hydrogens is 408 g/mol. The SMILES string of the molecule is Cl.Cl.O=C(NC1CCN(c2ccc(C(F)(F)F)cn2)CC1)[C@H]1CNCCO1. The van der Waals surface area contributed by atoms with Gasteiger partial charge in [-0.25, -0.2) is 4.98 Å². The van der Waals surface area contributed by atoms with Crippen LogP contribution < -0.4 is 15.5 Å². The lowest BCUT2D eigenvalue weighted by molar-refractivity contribution is -0.138. The number of amides is 1. The molecule has 2 aliphatic heterocycles. The number of carbonyl (C=O) groups excluding carboxylic acids is 1. The summed E-state index contributed by atoms with van der Waals surface area (Å²) in [5.74, 6) is 0.413. The topological polar surface area (TPSA) is 66.5 Å². The summed E-state index contributed by atoms with van der Waals surface area (Å²) in [5, 5.41) is 6.10. The molecule has 2 fully saturated rings. The van der Waals surface area contributed by atoms with Crippen LogP contribution in [0.15, 0.2) is 18.3 Å². The first-order valence-corrected chi connectivity index (χ1v) is 8.34. The molecule has 1 aromatic rings. The molecule has 11 heteroatoms. The van der Waals surface area contributed by atoms with Crippen molar-refractivity contribution < 1.29 is 22.7 Å². The van der Waals surface area contributed by atoms with Crippen LogP contribution in [0.3, 0.4) is 0 Å². The molecule has 0 aromatic carbocycles. The van der Waals surface area contributed by atoms with E-state index in [0.29, 0.717) is 44.9 Å². The van der Waals surface area contributed by atoms with Crippen LogP contribution in [-0.4, -0.2) is 55.8 Å². The fourth-order valence-corrected chi connectivity index (χ4v) is 3.02. The maximum absolute atomic E-state index is 12.6. The lowest BCUT2D eigenvalue weighted by Crippen LogP contribution is -2.52. The van der Waals surface area contributed by atoms with Crippen LogP contribution in [0.4, 0.5) is 19.0 Å². The molecule has 0 bridgehead atoms. The molecule has 0 spiro atoms. The Morgan fingerprint density at radius 1 is 1.26 bits per heavy atom. The molecule has 6 nitrogen and oxygen atoms in total. The van der Waals surface area contributed by atoms with Gasteiger partial charge < -0.3 is 20.3 Å². The number of halogens is 5. The van der Waals surface area contributed by atoms with Crippen LogP contribution in [0, 0.1) is 0 Å². The molecule has 2 aliphatic rings. The maximum Gasteiger partial charge on any atom is 0.417 e. The van der Waals surface area contributed by atoms with Crippen molar-refractivity contribution >= 4 is 36.5 Å². The Morgan fingerprint density at radius 3 is 2.48 bits per heavy atom. The zero-order valence-corrected chi connectivity index (χ0v) is 16.1. The molecule has 3 rings (SSSR count). The van der Waals surface area contributed by atoms with E-state index >= 15 is 0 Å². The van der Waals surface area contributed by atoms with Crippen molar-refractivity contribution in [3.63, 3.8) is 0 Å². The first-order valence-electron chi connectivity index (χ1n) is 8.34. The van der Waals surface area contributed by atoms with Crippen molar-refractivity contribution in [2.75, 3.05) is 37.7 Å². The number of piperidine rings is 1. The number of nitrogens with one attached hydrogen (secondary N) is 2. The highest BCUT2D eigenvalue weighted by molar-refractivity contribution is 5.85. The number of morpholine rings is 1. The minimum atomic E-state index is -4.38. The highest BCUT2D eigenvalue weighted by Crippen LogP contribution is 2.29. The fourth-order valence-electron chi connectivity index (χ4n) is 3.02. The number of ether oxygens (including phenoxy) is 1. The highest BCUT2D eigenvalue weighted by Gasteiger charge is 2.31. The van der Waals surface area contributed by atoms with Crippen molar-refractivity contribution in [3.8, 4) is 0 Å². The van der Waals surface area contributed by atoms with Gasteiger partial charge in [0.2, 0.25) is 0 Å². The monoisotopic (exact) mass is 430 g/mol. The van der Waals surface area contributed by atoms with Gasteiger partial charge in [0.05, 0.1) is 12.2 Å². The molecule has 154 valence electrons. The fraction of sp³-hybridized carbons (Fsp3) is 0.625. The summed E-state index contributed by atoms with van der Waals surface area (Å²) in [6.45, 7) is 3.05. The molecule has 2 saturated heterocycles. The van der Waals surface area contributed by atoms with Crippen LogP contribution in [-0.2, 0) is 15.7 Å². The molecule has 3 heterocycles. The Hall–Kier alpha value is -1.29. The smallest absolute Gasteiger partial charge is 0.366 e. The molecule has 0 radical (unpaired) electrons. The van der Waals surface area contributed by atoms with Crippen molar-refractivity contribution in [1.82, 2.24) is 15.6 Å². The number of hydrogen-bond acceptors (Lipinski definition) is 5. The van der Waals surface area contributed by atoms with Crippen LogP contribution in [0.25, 0.3) is 0 Å². The Balaban J connectivity index is 0.00000182. The minimum absolute atomic E-state index is 0. The number of anilines is 1. The van der Waals surface area contributed by atoms with E-state index in [1.54, 1.807) is 0 Å². The van der Waals surface area contributed by atoms with Crippen LogP contribution >= 0.6 is 24.8 Å². The zero-order chi connectivity index (χ0) is 17.9. The quantitative estimate of drug-likeness (QED) is 0.767. The number of carbonyl (C=O) groups is 1. The highest BCUT2D eigenvalue weighted by atomic mass is 35.5. The van der Waals surface area contributed by atoms with E-state index in [9.17, 15) is 18.0 Å². The Kier molecular flexibility index (Phi) is 9.07. The van der Waals surface area contributed by atoms with Gasteiger partial charge in [0.25, 0.3) is 5.91 Å². The molecule has 2 N–H and O–H groups in total. The van der Waals surface area contributed by atoms with E-state index in [4.69, 9.17) is 4.74 Å². The third-order valence-electron chi connectivity index (χ3n) is 4.46. The second kappa shape index (κ2) is 10.3. The predicted molar refractivity (Wildman–Crippen MR) is 99.7 cm³/mol. The third-order valence-corrected chi connectivity index (χ3v) is 4.46. The Bertz CT molecular complexity index is 590. The summed E-state index contributed by atoms with van der Waals surface area (Å²) in [4.78, 5) is 18.0. The van der Waals surface area contributed by atoms with E-state index in [1.807, 2.05) is 4.90 Å². The summed E-state index contributed by atoms with van der Waals surface area (Å²) < 4.78 is 43.2. The molecule has 1 amide bonds. The van der Waals surface area contributed by atoms with Crippen LogP contribution in [0.2, 0.25) is 0 Å². The average Bonchev–Trinajstić information content (AvgIpc) is 2.62. The second-order valence-electron chi connectivity index (χ2n) is 6.24. The normalized spacial score (nSPS) is 21.0. The predicted octanol–water partition coefficient (Wildman–Crippen LogP) is 2.02. The van der Waals surface area contributed by atoms with Gasteiger partial charge in [-0.05, 0) is 25.0 Å². The van der Waals surface area contributed by atoms with E-state index in [1.165, 1.54) is 6.07 Å². The van der Waals surface area contributed by atoms with Gasteiger partial charge in [0.1, 0.15) is 11.9 Å². The summed E-state index contributed by atoms with van der Waals surface area (Å²) in [6.07, 6.45) is -2.54. The average molecular weight is 431 g/mol. The molecule has 0 unspecified atom stereocenters. The van der Waals surface area contributed by atoms with Crippen LogP contribution in [0.1, 0.15) is 18.4 Å². The van der Waals surface area contributed by atoms with E-state index in [0.717, 1.165) is 18.8 Å². The van der Waals surface area contributed by atoms with Gasteiger partial charge in [-0.1, -0.05) is 0 Å². The first kappa shape index (κ1) is 23.7. The second-order valence-corrected chi connectivity index (χ2v) is 6.24. The number of pyridine rings is 1. The Morgan fingerprint density at radius 2 is 1.96 bits per heavy atom. The van der Waals surface area contributed by atoms with Gasteiger partial charge in [-0.15, -0.1) is 24.8 Å². The lowest BCUT2D eigenvalue weighted by Gasteiger charge is -2.34. The van der Waals surface area contributed by atoms with Gasteiger partial charge >= 0.3 is 6.18 Å².